The van der Waals surface area contributed by atoms with Gasteiger partial charge >= 0.3 is 29.6 Å². The van der Waals surface area contributed by atoms with E-state index >= 15 is 0 Å². The minimum atomic E-state index is -2.28. The molecule has 30 heterocycles. The van der Waals surface area contributed by atoms with Crippen LogP contribution < -0.4 is 34.7 Å². The topological polar surface area (TPSA) is 653 Å². The first-order valence-electron chi connectivity index (χ1n) is 30.8. The van der Waals surface area contributed by atoms with Crippen molar-refractivity contribution in [3.8, 4) is 0 Å². The van der Waals surface area contributed by atoms with Crippen LogP contribution in [0.25, 0.3) is 0 Å². The van der Waals surface area contributed by atoms with Crippen molar-refractivity contribution in [1.29, 1.82) is 0 Å². The van der Waals surface area contributed by atoms with E-state index in [9.17, 15) is 127 Å². The molecule has 556 valence electrons. The number of carbonyl (C=O) groups excluding carboxylic acids is 1. The number of carboxylic acid groups (broad SMARTS) is 1. The third kappa shape index (κ3) is 16.5. The summed E-state index contributed by atoms with van der Waals surface area (Å²) in [5.74, 6) is -1.95. The molecule has 16 bridgehead atoms. The van der Waals surface area contributed by atoms with Crippen LogP contribution >= 0.6 is 11.8 Å². The summed E-state index contributed by atoms with van der Waals surface area (Å²) in [5, 5.41) is 270. The number of aliphatic hydroxyl groups excluding tert-OH is 23. The summed E-state index contributed by atoms with van der Waals surface area (Å²) in [6.07, 6.45) is -82.6. The molecule has 30 aliphatic rings. The molecule has 0 aliphatic carbocycles. The Hall–Kier alpha value is -1.52. The van der Waals surface area contributed by atoms with E-state index in [1.807, 2.05) is 0 Å². The van der Waals surface area contributed by atoms with E-state index in [1.54, 1.807) is 0 Å². The van der Waals surface area contributed by atoms with Gasteiger partial charge in [0.1, 0.15) is 189 Å². The summed E-state index contributed by atoms with van der Waals surface area (Å²) in [4.78, 5) is 12.0. The Morgan fingerprint density at radius 2 is 0.480 bits per heavy atom. The number of rotatable bonds is 11. The normalized spacial score (nSPS) is 50.7. The zero-order chi connectivity index (χ0) is 70.3. The van der Waals surface area contributed by atoms with Crippen LogP contribution in [0, 0.1) is 0 Å². The van der Waals surface area contributed by atoms with Crippen molar-refractivity contribution >= 4 is 17.7 Å². The van der Waals surface area contributed by atoms with Gasteiger partial charge in [-0.15, -0.1) is 11.8 Å². The Morgan fingerprint density at radius 3 is 0.663 bits per heavy atom. The second-order valence-electron chi connectivity index (χ2n) is 24.4. The number of carbonyl (C=O) groups is 1. The van der Waals surface area contributed by atoms with Crippen LogP contribution in [0.5, 0.6) is 0 Å². The Labute approximate surface area is 580 Å². The predicted octanol–water partition coefficient (Wildman–Crippen LogP) is -19.2. The summed E-state index contributed by atoms with van der Waals surface area (Å²) >= 11 is 0.859. The van der Waals surface area contributed by atoms with E-state index in [-0.39, 0.29) is 45.8 Å². The van der Waals surface area contributed by atoms with Gasteiger partial charge in [-0.2, -0.15) is 0 Å². The van der Waals surface area contributed by atoms with Gasteiger partial charge in [0, 0.05) is 10.6 Å². The Balaban J connectivity index is 0.0000112. The van der Waals surface area contributed by atoms with Crippen molar-refractivity contribution in [2.24, 2.45) is 0 Å². The molecule has 1 aromatic carbocycles. The molecule has 0 unspecified atom stereocenters. The molecule has 31 rings (SSSR count). The first-order valence-corrected chi connectivity index (χ1v) is 31.8. The quantitative estimate of drug-likeness (QED) is 0.0723. The molecule has 0 amide bonds. The number of carboxylic acids is 1. The summed E-state index contributed by atoms with van der Waals surface area (Å²) in [7, 11) is 0. The summed E-state index contributed by atoms with van der Waals surface area (Å²) < 4.78 is 92.7. The Morgan fingerprint density at radius 1 is 0.296 bits per heavy atom. The zero-order valence-electron chi connectivity index (χ0n) is 51.6. The number of hydrogen-bond acceptors (Lipinski definition) is 42. The average Bonchev–Trinajstić information content (AvgIpc) is 0.795. The summed E-state index contributed by atoms with van der Waals surface area (Å²) in [6, 6.07) is 5.24. The summed E-state index contributed by atoms with van der Waals surface area (Å²) in [5.41, 5.74) is -0.270. The van der Waals surface area contributed by atoms with E-state index in [2.05, 4.69) is 0 Å². The fourth-order valence-corrected chi connectivity index (χ4v) is 13.8. The third-order valence-corrected chi connectivity index (χ3v) is 19.3. The van der Waals surface area contributed by atoms with Crippen molar-refractivity contribution in [2.75, 3.05) is 52.0 Å². The molecule has 0 saturated carbocycles. The molecule has 40 atom stereocenters. The standard InChI is InChI=1S/C55H84O41S.Na/c56-5-15-39-23(63)31(71)48(81-15)90-40-16(6-57)83-50(33(73)25(40)65)92-42-18(8-59)85-52(35(75)27(42)67)94-44-20(10-61)87-54(37(77)29(44)69)96-46-22(12-97-14-3-1-2-13(4-14)47(79)80)88-55(38(78)30(46)70)95-45-21(11-62)86-53(36(76)28(45)68)93-43-19(9-60)84-51(34(74)26(43)66)91-41-17(7-58)82-49(89-39)32(72)24(41)64;/h1-4,15-46,48-78H,5-12H2,(H,79,80);/q;+1/p-1/t15-,16-,17-,18-,19-,20-,21-,22-,23-,24-,25-,26-,27-,28-,29-,30-,31-,32-,33-,34-,35-,36-,37-,38-,39-,40-,41-,42-,43-,44-,45-,46-,48-,49-,50-,51-,52-,53-,54-,55-;/m1./s1. The first-order chi connectivity index (χ1) is 46.2. The van der Waals surface area contributed by atoms with Crippen LogP contribution in [0.2, 0.25) is 0 Å². The van der Waals surface area contributed by atoms with Gasteiger partial charge in [0.05, 0.1) is 58.3 Å². The van der Waals surface area contributed by atoms with Crippen LogP contribution in [0.3, 0.4) is 0 Å². The monoisotopic (exact) mass is 1450 g/mol. The largest absolute Gasteiger partial charge is 1.00 e. The van der Waals surface area contributed by atoms with Crippen LogP contribution in [-0.4, -0.2) is 421 Å². The minimum absolute atomic E-state index is 0. The Bertz CT molecular complexity index is 2640. The Kier molecular flexibility index (Phi) is 28.6. The van der Waals surface area contributed by atoms with Gasteiger partial charge in [0.2, 0.25) is 0 Å². The number of aromatic carboxylic acids is 1. The molecule has 0 aromatic heterocycles. The minimum Gasteiger partial charge on any atom is -0.545 e. The first kappa shape index (κ1) is 80.6. The number of benzene rings is 1. The van der Waals surface area contributed by atoms with Crippen molar-refractivity contribution in [3.63, 3.8) is 0 Å². The van der Waals surface area contributed by atoms with Crippen LogP contribution in [0.4, 0.5) is 0 Å². The molecule has 30 fully saturated rings. The molecule has 23 N–H and O–H groups in total. The van der Waals surface area contributed by atoms with E-state index in [0.717, 1.165) is 11.8 Å². The molecular formula is C55H83NaO41S. The van der Waals surface area contributed by atoms with Crippen LogP contribution in [-0.2, 0) is 75.8 Å². The van der Waals surface area contributed by atoms with Gasteiger partial charge in [0.25, 0.3) is 0 Å². The van der Waals surface area contributed by atoms with E-state index in [4.69, 9.17) is 75.8 Å². The van der Waals surface area contributed by atoms with E-state index in [0.29, 0.717) is 0 Å². The number of thioether (sulfide) groups is 1. The maximum atomic E-state index is 11.9. The fraction of sp³-hybridized carbons (Fsp3) is 0.873. The van der Waals surface area contributed by atoms with E-state index < -0.39 is 298 Å². The SMILES string of the molecule is O=C([O-])c1cccc(SC[C@H]2O[C@@H]3O[C@H]4[C@H](O)[C@@H](O)[C@@H](O[C@H]5[C@H](O)[C@@H](O)[C@@H](O[C@H]6[C@H](O)[C@@H](O)[C@@H](O[C@H]7[C@H](O)[C@@H](O)[C@@H](O[C@H]8[C@H](O)[C@@H](O)[C@@H](O[C@H]9[C@H](O)[C@@H](O)[C@@H](O[C@H]%10[C@H](O)[C@@H](O)[C@@H](O[C@H]2[C@H](O)[C@H]3O)O[C@@H]%10CO)O[C@@H]9CO)O[C@@H]8CO)O[C@@H]7CO)O[C@@H]6CO)O[C@@H]5CO)O[C@@H]4CO)c1.[Na+]. The molecule has 30 saturated heterocycles. The molecule has 43 heteroatoms. The van der Waals surface area contributed by atoms with Crippen LogP contribution in [0.15, 0.2) is 29.2 Å². The van der Waals surface area contributed by atoms with Crippen molar-refractivity contribution in [2.45, 2.75) is 251 Å². The fourth-order valence-electron chi connectivity index (χ4n) is 12.8. The smallest absolute Gasteiger partial charge is 0.545 e. The predicted molar refractivity (Wildman–Crippen MR) is 295 cm³/mol. The van der Waals surface area contributed by atoms with E-state index in [1.165, 1.54) is 24.3 Å². The van der Waals surface area contributed by atoms with Gasteiger partial charge in [-0.3, -0.25) is 0 Å². The average molecular weight is 1460 g/mol. The second-order valence-corrected chi connectivity index (χ2v) is 25.5. The summed E-state index contributed by atoms with van der Waals surface area (Å²) in [6.45, 7) is -7.68. The maximum Gasteiger partial charge on any atom is 1.00 e. The van der Waals surface area contributed by atoms with Crippen molar-refractivity contribution in [1.82, 2.24) is 0 Å². The second kappa shape index (κ2) is 34.8. The molecule has 0 spiro atoms. The van der Waals surface area contributed by atoms with Gasteiger partial charge in [-0.1, -0.05) is 12.1 Å². The molecule has 1 aromatic rings. The number of hydrogen-bond donors (Lipinski definition) is 23. The molecule has 98 heavy (non-hydrogen) atoms. The molecule has 30 aliphatic heterocycles. The van der Waals surface area contributed by atoms with Gasteiger partial charge in [-0.05, 0) is 17.7 Å². The van der Waals surface area contributed by atoms with Crippen molar-refractivity contribution in [3.05, 3.63) is 29.8 Å². The third-order valence-electron chi connectivity index (χ3n) is 18.2. The number of ether oxygens (including phenoxy) is 16. The van der Waals surface area contributed by atoms with Crippen molar-refractivity contribution < 1.29 is 233 Å². The molecule has 41 nitrogen and oxygen atoms in total. The number of aliphatic hydroxyl groups is 23. The van der Waals surface area contributed by atoms with Gasteiger partial charge in [0.15, 0.2) is 50.3 Å². The molecule has 0 radical (unpaired) electrons. The molecular weight excluding hydrogens is 1370 g/mol. The zero-order valence-corrected chi connectivity index (χ0v) is 54.4. The van der Waals surface area contributed by atoms with Crippen LogP contribution in [0.1, 0.15) is 10.4 Å². The van der Waals surface area contributed by atoms with Gasteiger partial charge < -0.3 is 203 Å². The van der Waals surface area contributed by atoms with Gasteiger partial charge in [-0.25, -0.2) is 0 Å². The maximum absolute atomic E-state index is 11.9.